The number of hydrogen-bond donors (Lipinski definition) is 2. The van der Waals surface area contributed by atoms with Crippen LogP contribution in [-0.2, 0) is 6.54 Å². The normalized spacial score (nSPS) is 11.9. The number of carbonyl (C=O) groups excluding carboxylic acids is 1. The smallest absolute Gasteiger partial charge is 0.397 e. The van der Waals surface area contributed by atoms with Gasteiger partial charge in [0.15, 0.2) is 6.29 Å². The van der Waals surface area contributed by atoms with Crippen LogP contribution < -0.4 is 11.5 Å². The zero-order valence-electron chi connectivity index (χ0n) is 9.16. The first-order valence-corrected chi connectivity index (χ1v) is 5.02. The van der Waals surface area contributed by atoms with E-state index < -0.39 is 12.7 Å². The van der Waals surface area contributed by atoms with Gasteiger partial charge in [-0.05, 0) is 18.2 Å². The van der Waals surface area contributed by atoms with Crippen molar-refractivity contribution in [3.05, 3.63) is 23.9 Å². The molecule has 0 unspecified atom stereocenters. The molecule has 0 saturated carbocycles. The molecular formula is C11H10F3N3O. The summed E-state index contributed by atoms with van der Waals surface area (Å²) in [5.41, 5.74) is 11.9. The molecule has 0 saturated heterocycles. The summed E-state index contributed by atoms with van der Waals surface area (Å²) in [5, 5.41) is 0.348. The van der Waals surface area contributed by atoms with Crippen LogP contribution in [0, 0.1) is 0 Å². The topological polar surface area (TPSA) is 74.0 Å². The summed E-state index contributed by atoms with van der Waals surface area (Å²) in [7, 11) is 0. The van der Waals surface area contributed by atoms with Gasteiger partial charge in [-0.3, -0.25) is 4.79 Å². The number of aromatic nitrogens is 1. The Hall–Kier alpha value is -2.18. The van der Waals surface area contributed by atoms with Gasteiger partial charge in [0.25, 0.3) is 0 Å². The average molecular weight is 257 g/mol. The van der Waals surface area contributed by atoms with Crippen LogP contribution in [0.5, 0.6) is 0 Å². The van der Waals surface area contributed by atoms with Gasteiger partial charge in [0.2, 0.25) is 0 Å². The molecule has 18 heavy (non-hydrogen) atoms. The molecular weight excluding hydrogens is 247 g/mol. The Balaban J connectivity index is 2.71. The number of alkyl halides is 3. The molecule has 2 rings (SSSR count). The molecule has 0 fully saturated rings. The number of benzene rings is 1. The minimum atomic E-state index is -4.42. The fourth-order valence-corrected chi connectivity index (χ4v) is 1.85. The summed E-state index contributed by atoms with van der Waals surface area (Å²) in [5.74, 6) is 0. The van der Waals surface area contributed by atoms with Crippen molar-refractivity contribution >= 4 is 28.6 Å². The maximum absolute atomic E-state index is 12.5. The third kappa shape index (κ3) is 1.99. The van der Waals surface area contributed by atoms with Gasteiger partial charge in [0.1, 0.15) is 6.54 Å². The van der Waals surface area contributed by atoms with E-state index in [9.17, 15) is 18.0 Å². The van der Waals surface area contributed by atoms with Crippen LogP contribution >= 0.6 is 0 Å². The zero-order valence-corrected chi connectivity index (χ0v) is 9.16. The van der Waals surface area contributed by atoms with Crippen molar-refractivity contribution < 1.29 is 18.0 Å². The average Bonchev–Trinajstić information content (AvgIpc) is 2.60. The summed E-state index contributed by atoms with van der Waals surface area (Å²) in [4.78, 5) is 10.8. The van der Waals surface area contributed by atoms with E-state index in [0.29, 0.717) is 11.7 Å². The molecule has 0 aliphatic carbocycles. The van der Waals surface area contributed by atoms with E-state index in [1.54, 1.807) is 0 Å². The van der Waals surface area contributed by atoms with Gasteiger partial charge in [-0.25, -0.2) is 0 Å². The Morgan fingerprint density at radius 3 is 2.50 bits per heavy atom. The summed E-state index contributed by atoms with van der Waals surface area (Å²) >= 11 is 0. The Labute approximate surface area is 100.0 Å². The van der Waals surface area contributed by atoms with E-state index in [2.05, 4.69) is 0 Å². The van der Waals surface area contributed by atoms with E-state index in [0.717, 1.165) is 4.57 Å². The van der Waals surface area contributed by atoms with E-state index >= 15 is 0 Å². The van der Waals surface area contributed by atoms with Crippen LogP contribution in [0.3, 0.4) is 0 Å². The quantitative estimate of drug-likeness (QED) is 0.639. The molecule has 96 valence electrons. The number of halogens is 3. The highest BCUT2D eigenvalue weighted by Crippen LogP contribution is 2.31. The SMILES string of the molecule is Nc1ccc2c(cc(C=O)n2CC(F)(F)F)c1N. The molecule has 1 heterocycles. The summed E-state index contributed by atoms with van der Waals surface area (Å²) in [6.07, 6.45) is -4.05. The number of hydrogen-bond acceptors (Lipinski definition) is 3. The largest absolute Gasteiger partial charge is 0.406 e. The van der Waals surface area contributed by atoms with Crippen molar-refractivity contribution in [3.63, 3.8) is 0 Å². The van der Waals surface area contributed by atoms with E-state index in [1.165, 1.54) is 18.2 Å². The third-order valence-corrected chi connectivity index (χ3v) is 2.65. The molecule has 0 bridgehead atoms. The second kappa shape index (κ2) is 3.94. The number of nitrogens with zero attached hydrogens (tertiary/aromatic N) is 1. The van der Waals surface area contributed by atoms with Crippen molar-refractivity contribution in [2.45, 2.75) is 12.7 Å². The molecule has 0 aliphatic heterocycles. The number of aldehydes is 1. The van der Waals surface area contributed by atoms with Crippen LogP contribution in [0.2, 0.25) is 0 Å². The Morgan fingerprint density at radius 2 is 1.94 bits per heavy atom. The summed E-state index contributed by atoms with van der Waals surface area (Å²) in [6, 6.07) is 4.14. The number of carbonyl (C=O) groups is 1. The summed E-state index contributed by atoms with van der Waals surface area (Å²) < 4.78 is 38.2. The molecule has 7 heteroatoms. The number of fused-ring (bicyclic) bond motifs is 1. The minimum Gasteiger partial charge on any atom is -0.397 e. The second-order valence-electron chi connectivity index (χ2n) is 3.89. The molecule has 0 radical (unpaired) electrons. The molecule has 0 atom stereocenters. The maximum Gasteiger partial charge on any atom is 0.406 e. The van der Waals surface area contributed by atoms with Gasteiger partial charge in [0, 0.05) is 5.39 Å². The fourth-order valence-electron chi connectivity index (χ4n) is 1.85. The number of nitrogens with two attached hydrogens (primary N) is 2. The van der Waals surface area contributed by atoms with Crippen LogP contribution in [0.25, 0.3) is 10.9 Å². The molecule has 4 nitrogen and oxygen atoms in total. The lowest BCUT2D eigenvalue weighted by Gasteiger charge is -2.11. The van der Waals surface area contributed by atoms with Crippen molar-refractivity contribution in [3.8, 4) is 0 Å². The molecule has 0 amide bonds. The van der Waals surface area contributed by atoms with E-state index in [4.69, 9.17) is 11.5 Å². The van der Waals surface area contributed by atoms with Gasteiger partial charge in [-0.15, -0.1) is 0 Å². The van der Waals surface area contributed by atoms with Gasteiger partial charge in [0.05, 0.1) is 22.6 Å². The maximum atomic E-state index is 12.5. The second-order valence-corrected chi connectivity index (χ2v) is 3.89. The predicted octanol–water partition coefficient (Wildman–Crippen LogP) is 2.18. The lowest BCUT2D eigenvalue weighted by Crippen LogP contribution is -2.19. The third-order valence-electron chi connectivity index (χ3n) is 2.65. The van der Waals surface area contributed by atoms with Gasteiger partial charge in [-0.2, -0.15) is 13.2 Å². The molecule has 2 aromatic rings. The molecule has 0 aliphatic rings. The first kappa shape index (κ1) is 12.3. The molecule has 0 spiro atoms. The predicted molar refractivity (Wildman–Crippen MR) is 62.2 cm³/mol. The van der Waals surface area contributed by atoms with Crippen molar-refractivity contribution in [1.82, 2.24) is 4.57 Å². The first-order chi connectivity index (χ1) is 8.33. The van der Waals surface area contributed by atoms with Crippen molar-refractivity contribution in [1.29, 1.82) is 0 Å². The Kier molecular flexibility index (Phi) is 2.68. The van der Waals surface area contributed by atoms with Crippen LogP contribution in [-0.4, -0.2) is 17.0 Å². The minimum absolute atomic E-state index is 0.0837. The standard InChI is InChI=1S/C11H10F3N3O/c12-11(13,14)5-17-6(4-18)3-7-9(17)2-1-8(15)10(7)16/h1-4H,5,15-16H2. The van der Waals surface area contributed by atoms with E-state index in [-0.39, 0.29) is 22.6 Å². The van der Waals surface area contributed by atoms with Crippen LogP contribution in [0.15, 0.2) is 18.2 Å². The molecule has 4 N–H and O–H groups in total. The Bertz CT molecular complexity index is 616. The number of anilines is 2. The number of nitrogen functional groups attached to an aromatic ring is 2. The summed E-state index contributed by atoms with van der Waals surface area (Å²) in [6.45, 7) is -1.24. The van der Waals surface area contributed by atoms with Gasteiger partial charge < -0.3 is 16.0 Å². The fraction of sp³-hybridized carbons (Fsp3) is 0.182. The van der Waals surface area contributed by atoms with Crippen molar-refractivity contribution in [2.75, 3.05) is 11.5 Å². The van der Waals surface area contributed by atoms with Gasteiger partial charge in [-0.1, -0.05) is 0 Å². The molecule has 1 aromatic carbocycles. The van der Waals surface area contributed by atoms with Crippen LogP contribution in [0.4, 0.5) is 24.5 Å². The zero-order chi connectivity index (χ0) is 13.5. The molecule has 1 aromatic heterocycles. The number of rotatable bonds is 2. The lowest BCUT2D eigenvalue weighted by atomic mass is 10.2. The van der Waals surface area contributed by atoms with Gasteiger partial charge >= 0.3 is 6.18 Å². The first-order valence-electron chi connectivity index (χ1n) is 5.02. The lowest BCUT2D eigenvalue weighted by molar-refractivity contribution is -0.140. The highest BCUT2D eigenvalue weighted by Gasteiger charge is 2.30. The Morgan fingerprint density at radius 1 is 1.28 bits per heavy atom. The highest BCUT2D eigenvalue weighted by molar-refractivity contribution is 6.00. The highest BCUT2D eigenvalue weighted by atomic mass is 19.4. The van der Waals surface area contributed by atoms with Crippen LogP contribution in [0.1, 0.15) is 10.5 Å². The monoisotopic (exact) mass is 257 g/mol. The van der Waals surface area contributed by atoms with Crippen molar-refractivity contribution in [2.24, 2.45) is 0 Å². The van der Waals surface area contributed by atoms with E-state index in [1.807, 2.05) is 0 Å².